The van der Waals surface area contributed by atoms with Gasteiger partial charge in [-0.3, -0.25) is 19.2 Å². The lowest BCUT2D eigenvalue weighted by atomic mass is 10.0. The second-order valence-electron chi connectivity index (χ2n) is 29.9. The van der Waals surface area contributed by atoms with Crippen LogP contribution in [-0.4, -0.2) is 188 Å². The quantitative estimate of drug-likeness (QED) is 0.0868. The van der Waals surface area contributed by atoms with E-state index in [0.717, 1.165) is 76.9 Å². The third-order valence-electron chi connectivity index (χ3n) is 22.5. The first-order chi connectivity index (χ1) is 57.0. The number of benzene rings is 4. The molecule has 594 valence electrons. The second kappa shape index (κ2) is 34.2. The van der Waals surface area contributed by atoms with Gasteiger partial charge in [0.1, 0.15) is 53.1 Å². The van der Waals surface area contributed by atoms with E-state index in [1.54, 1.807) is 125 Å². The van der Waals surface area contributed by atoms with Gasteiger partial charge in [0.15, 0.2) is 11.6 Å². The zero-order valence-electron chi connectivity index (χ0n) is 62.7. The number of ether oxygens (including phenoxy) is 4. The molecule has 26 nitrogen and oxygen atoms in total. The van der Waals surface area contributed by atoms with Gasteiger partial charge >= 0.3 is 0 Å². The van der Waals surface area contributed by atoms with E-state index in [1.807, 2.05) is 72.5 Å². The predicted molar refractivity (Wildman–Crippen MR) is 430 cm³/mol. The van der Waals surface area contributed by atoms with Crippen molar-refractivity contribution in [2.45, 2.75) is 107 Å². The van der Waals surface area contributed by atoms with Gasteiger partial charge < -0.3 is 38.5 Å². The number of carbonyl (C=O) groups excluding carboxylic acids is 4. The second-order valence-corrected chi connectivity index (χ2v) is 32.7. The summed E-state index contributed by atoms with van der Waals surface area (Å²) < 4.78 is 71.3. The average molecular weight is 1770 g/mol. The standard InChI is InChI=1S/2C22H18BrFN4O2.C21H20FN5O2.C20H18BrN5O2/c23-14-5-6-19(27-11-14)30-18-10-13-9-17(18)28(12-13)22(29)15-3-1-4-16(24)20(15)21-25-7-2-8-26-21;23-14-5-6-19(27-11-14)30-18-10-13-9-17(18)28(12-13)22(29)20-15(3-1-4-16(20)24)21-25-7-2-8-26-21;1-13-5-6-19(23-11-13)29-18-10-14-9-17(18)26(12-14)21(28)20-15(22)3-2-4-16(20)27-24-7-8-25-27;21-14-5-6-19(22-11-14)28-18-10-13-9-17(18)25(12-13)20(27)15-3-1-2-4-16(15)26-23-7-8-24-26/h2*1-8,11,13,17-18H,9-10,12H2;2-8,11,14,17-18H,9-10,12H2,1H3;1-8,11,13,17-18H,9-10,12H2. The Morgan fingerprint density at radius 1 is 0.350 bits per heavy atom. The molecular weight excluding hydrogens is 1700 g/mol. The fourth-order valence-electron chi connectivity index (χ4n) is 17.5. The van der Waals surface area contributed by atoms with Crippen molar-refractivity contribution in [2.75, 3.05) is 26.2 Å². The Balaban J connectivity index is 0.000000112. The summed E-state index contributed by atoms with van der Waals surface area (Å²) in [6.07, 6.45) is 25.9. The number of para-hydroxylation sites is 1. The van der Waals surface area contributed by atoms with Crippen LogP contribution in [0.2, 0.25) is 0 Å². The SMILES string of the molecule is Cc1ccc(OC2CC3CC2N(C(=O)c2c(F)cccc2-n2nccn2)C3)nc1.O=C(c1c(F)cccc1-c1ncccn1)N1CC2CC(Oc3ccc(Br)cn3)C1C2.O=C(c1cccc(F)c1-c1ncccn1)N1CC2CC(Oc3ccc(Br)cn3)C1C2.O=C(c1ccccc1-n1nccn1)N1CC2CC(Oc3ccc(Br)cn3)C1C2. The number of amides is 4. The van der Waals surface area contributed by atoms with Crippen LogP contribution in [0.1, 0.15) is 98.4 Å². The molecule has 8 aromatic heterocycles. The van der Waals surface area contributed by atoms with Crippen molar-refractivity contribution in [3.8, 4) is 57.7 Å². The number of fused-ring (bicyclic) bond motifs is 8. The van der Waals surface area contributed by atoms with E-state index in [1.165, 1.54) is 52.6 Å². The van der Waals surface area contributed by atoms with Gasteiger partial charge in [0.2, 0.25) is 23.5 Å². The van der Waals surface area contributed by atoms with Crippen molar-refractivity contribution in [1.29, 1.82) is 0 Å². The van der Waals surface area contributed by atoms with Gasteiger partial charge in [-0.25, -0.2) is 53.0 Å². The molecule has 12 aromatic rings. The smallest absolute Gasteiger partial charge is 0.259 e. The number of piperidine rings is 4. The lowest BCUT2D eigenvalue weighted by Gasteiger charge is -2.33. The number of aromatic nitrogens is 14. The van der Waals surface area contributed by atoms with Crippen LogP contribution in [0.3, 0.4) is 0 Å². The Bertz CT molecular complexity index is 5560. The number of pyridine rings is 4. The van der Waals surface area contributed by atoms with E-state index in [2.05, 4.69) is 108 Å². The zero-order valence-corrected chi connectivity index (χ0v) is 67.5. The molecule has 4 amide bonds. The largest absolute Gasteiger partial charge is 0.472 e. The fraction of sp³-hybridized carbons (Fsp3) is 0.294. The van der Waals surface area contributed by atoms with E-state index in [9.17, 15) is 32.3 Å². The average Bonchev–Trinajstić information content (AvgIpc) is 1.62. The number of likely N-dealkylation sites (tertiary alicyclic amines) is 4. The van der Waals surface area contributed by atoms with E-state index in [-0.39, 0.29) is 100 Å². The Labute approximate surface area is 694 Å². The summed E-state index contributed by atoms with van der Waals surface area (Å²) in [4.78, 5) is 97.5. The summed E-state index contributed by atoms with van der Waals surface area (Å²) in [5.41, 5.74) is 3.49. The molecule has 12 heterocycles. The van der Waals surface area contributed by atoms with E-state index < -0.39 is 17.5 Å². The van der Waals surface area contributed by atoms with Gasteiger partial charge in [-0.05, 0) is 208 Å². The third-order valence-corrected chi connectivity index (χ3v) is 23.9. The van der Waals surface area contributed by atoms with Gasteiger partial charge in [0, 0.05) is 119 Å². The van der Waals surface area contributed by atoms with E-state index in [4.69, 9.17) is 18.9 Å². The van der Waals surface area contributed by atoms with Crippen LogP contribution in [0.5, 0.6) is 23.5 Å². The molecule has 8 bridgehead atoms. The molecule has 8 fully saturated rings. The van der Waals surface area contributed by atoms with Gasteiger partial charge in [-0.1, -0.05) is 42.5 Å². The van der Waals surface area contributed by atoms with E-state index >= 15 is 0 Å². The molecule has 4 saturated carbocycles. The number of hydrogen-bond donors (Lipinski definition) is 0. The fourth-order valence-corrected chi connectivity index (χ4v) is 18.2. The topological polar surface area (TPSA) is 283 Å². The van der Waals surface area contributed by atoms with Crippen LogP contribution >= 0.6 is 47.8 Å². The van der Waals surface area contributed by atoms with Crippen LogP contribution in [0.25, 0.3) is 34.2 Å². The maximum atomic E-state index is 14.8. The molecule has 0 radical (unpaired) electrons. The number of hydrogen-bond acceptors (Lipinski definition) is 20. The van der Waals surface area contributed by atoms with Crippen molar-refractivity contribution in [2.24, 2.45) is 23.7 Å². The van der Waals surface area contributed by atoms with Gasteiger partial charge in [0.05, 0.1) is 76.9 Å². The molecule has 4 aliphatic carbocycles. The normalized spacial score (nSPS) is 22.7. The van der Waals surface area contributed by atoms with E-state index in [0.29, 0.717) is 95.2 Å². The Morgan fingerprint density at radius 2 is 0.718 bits per heavy atom. The molecule has 4 aliphatic heterocycles. The highest BCUT2D eigenvalue weighted by atomic mass is 79.9. The number of carbonyl (C=O) groups is 4. The molecular formula is C85H74Br3F3N18O8. The minimum absolute atomic E-state index is 0.00235. The third kappa shape index (κ3) is 16.7. The molecule has 20 rings (SSSR count). The number of aryl methyl sites for hydroxylation is 1. The number of nitrogens with zero attached hydrogens (tertiary/aromatic N) is 18. The summed E-state index contributed by atoms with van der Waals surface area (Å²) in [5, 5.41) is 16.5. The highest BCUT2D eigenvalue weighted by Gasteiger charge is 2.53. The zero-order chi connectivity index (χ0) is 80.4. The summed E-state index contributed by atoms with van der Waals surface area (Å²) in [5.74, 6) is 1.66. The number of halogens is 6. The van der Waals surface area contributed by atoms with Crippen LogP contribution in [0.4, 0.5) is 13.2 Å². The first kappa shape index (κ1) is 77.8. The molecule has 32 heteroatoms. The van der Waals surface area contributed by atoms with Gasteiger partial charge in [-0.15, -0.1) is 0 Å². The lowest BCUT2D eigenvalue weighted by Crippen LogP contribution is -2.47. The van der Waals surface area contributed by atoms with Crippen molar-refractivity contribution in [3.05, 3.63) is 273 Å². The highest BCUT2D eigenvalue weighted by Crippen LogP contribution is 2.46. The first-order valence-electron chi connectivity index (χ1n) is 38.4. The molecule has 8 aliphatic rings. The summed E-state index contributed by atoms with van der Waals surface area (Å²) in [6, 6.07) is 39.0. The summed E-state index contributed by atoms with van der Waals surface area (Å²) in [6.45, 7) is 4.57. The Hall–Kier alpha value is -11.8. The van der Waals surface area contributed by atoms with Gasteiger partial charge in [-0.2, -0.15) is 30.0 Å². The first-order valence-corrected chi connectivity index (χ1v) is 40.8. The molecule has 4 saturated heterocycles. The van der Waals surface area contributed by atoms with Crippen LogP contribution in [0.15, 0.2) is 227 Å². The highest BCUT2D eigenvalue weighted by molar-refractivity contribution is 9.11. The van der Waals surface area contributed by atoms with Crippen molar-refractivity contribution in [3.63, 3.8) is 0 Å². The van der Waals surface area contributed by atoms with Crippen molar-refractivity contribution < 1.29 is 51.3 Å². The minimum Gasteiger partial charge on any atom is -0.472 e. The summed E-state index contributed by atoms with van der Waals surface area (Å²) >= 11 is 10.1. The van der Waals surface area contributed by atoms with Crippen molar-refractivity contribution in [1.82, 2.24) is 89.5 Å². The van der Waals surface area contributed by atoms with Crippen LogP contribution in [-0.2, 0) is 0 Å². The molecule has 12 unspecified atom stereocenters. The predicted octanol–water partition coefficient (Wildman–Crippen LogP) is 14.1. The molecule has 4 aromatic carbocycles. The minimum atomic E-state index is -0.578. The van der Waals surface area contributed by atoms with Crippen LogP contribution < -0.4 is 18.9 Å². The maximum Gasteiger partial charge on any atom is 0.259 e. The molecule has 12 atom stereocenters. The van der Waals surface area contributed by atoms with Crippen molar-refractivity contribution >= 4 is 71.4 Å². The van der Waals surface area contributed by atoms with Crippen LogP contribution in [0, 0.1) is 48.0 Å². The maximum absolute atomic E-state index is 14.8. The lowest BCUT2D eigenvalue weighted by molar-refractivity contribution is 0.0459. The molecule has 0 spiro atoms. The number of rotatable bonds is 16. The Kier molecular flexibility index (Phi) is 22.7. The van der Waals surface area contributed by atoms with Gasteiger partial charge in [0.25, 0.3) is 23.6 Å². The molecule has 0 N–H and O–H groups in total. The monoisotopic (exact) mass is 1770 g/mol. The Morgan fingerprint density at radius 3 is 1.16 bits per heavy atom. The molecule has 117 heavy (non-hydrogen) atoms. The summed E-state index contributed by atoms with van der Waals surface area (Å²) in [7, 11) is 0.